The number of carboxylic acid groups (broad SMARTS) is 1. The summed E-state index contributed by atoms with van der Waals surface area (Å²) in [6.45, 7) is 4.56. The molecular weight excluding hydrogens is 446 g/mol. The average Bonchev–Trinajstić information content (AvgIpc) is 3.37. The van der Waals surface area contributed by atoms with E-state index in [2.05, 4.69) is 27.6 Å². The zero-order valence-corrected chi connectivity index (χ0v) is 18.9. The number of anilines is 1. The Bertz CT molecular complexity index is 1160. The Balaban J connectivity index is 0.000000243. The zero-order chi connectivity index (χ0) is 23.4. The normalized spacial score (nSPS) is 17.1. The highest BCUT2D eigenvalue weighted by Gasteiger charge is 2.23. The van der Waals surface area contributed by atoms with Crippen LogP contribution in [0.25, 0.3) is 10.2 Å². The Labute approximate surface area is 194 Å². The van der Waals surface area contributed by atoms with Crippen LogP contribution in [0.5, 0.6) is 5.75 Å². The summed E-state index contributed by atoms with van der Waals surface area (Å²) in [5.74, 6) is 1.22. The first kappa shape index (κ1) is 22.7. The van der Waals surface area contributed by atoms with E-state index in [4.69, 9.17) is 20.3 Å². The second-order valence-corrected chi connectivity index (χ2v) is 8.66. The Morgan fingerprint density at radius 3 is 2.70 bits per heavy atom. The van der Waals surface area contributed by atoms with Gasteiger partial charge in [-0.3, -0.25) is 0 Å². The largest absolute Gasteiger partial charge is 0.511 e. The smallest absolute Gasteiger partial charge is 0.449 e. The number of rotatable bonds is 3. The molecule has 2 aliphatic rings. The van der Waals surface area contributed by atoms with E-state index in [1.165, 1.54) is 11.1 Å². The first-order chi connectivity index (χ1) is 15.9. The topological polar surface area (TPSA) is 140 Å². The quantitative estimate of drug-likeness (QED) is 0.391. The van der Waals surface area contributed by atoms with Crippen LogP contribution in [0.4, 0.5) is 15.4 Å². The maximum Gasteiger partial charge on any atom is 0.511 e. The third-order valence-electron chi connectivity index (χ3n) is 5.53. The number of aromatic nitrogens is 2. The molecule has 3 aromatic rings. The second kappa shape index (κ2) is 10.0. The van der Waals surface area contributed by atoms with Gasteiger partial charge in [0.25, 0.3) is 0 Å². The molecule has 4 N–H and O–H groups in total. The van der Waals surface area contributed by atoms with Crippen molar-refractivity contribution in [3.8, 4) is 5.75 Å². The summed E-state index contributed by atoms with van der Waals surface area (Å²) < 4.78 is 9.73. The number of carbonyl (C=O) groups excluding carboxylic acids is 1. The van der Waals surface area contributed by atoms with E-state index in [0.29, 0.717) is 32.1 Å². The van der Waals surface area contributed by atoms with Gasteiger partial charge < -0.3 is 30.5 Å². The van der Waals surface area contributed by atoms with Gasteiger partial charge in [0.1, 0.15) is 22.7 Å². The molecule has 1 saturated heterocycles. The fourth-order valence-corrected chi connectivity index (χ4v) is 4.85. The van der Waals surface area contributed by atoms with Gasteiger partial charge in [-0.25, -0.2) is 19.6 Å². The van der Waals surface area contributed by atoms with E-state index in [0.717, 1.165) is 34.4 Å². The van der Waals surface area contributed by atoms with Gasteiger partial charge in [-0.1, -0.05) is 6.07 Å². The summed E-state index contributed by atoms with van der Waals surface area (Å²) in [5, 5.41) is 15.4. The number of primary amides is 1. The molecule has 0 radical (unpaired) electrons. The van der Waals surface area contributed by atoms with Gasteiger partial charge in [-0.15, -0.1) is 11.3 Å². The van der Waals surface area contributed by atoms with Crippen LogP contribution in [-0.2, 0) is 17.6 Å². The van der Waals surface area contributed by atoms with E-state index in [9.17, 15) is 9.59 Å². The number of ether oxygens (including phenoxy) is 2. The number of nitrogens with zero attached hydrogens (tertiary/aromatic N) is 3. The maximum atomic E-state index is 10.7. The summed E-state index contributed by atoms with van der Waals surface area (Å²) in [4.78, 5) is 32.4. The Morgan fingerprint density at radius 2 is 2.00 bits per heavy atom. The van der Waals surface area contributed by atoms with Crippen molar-refractivity contribution in [3.63, 3.8) is 0 Å². The van der Waals surface area contributed by atoms with E-state index in [-0.39, 0.29) is 12.1 Å². The molecule has 0 saturated carbocycles. The summed E-state index contributed by atoms with van der Waals surface area (Å²) in [7, 11) is 0. The average molecular weight is 472 g/mol. The minimum absolute atomic E-state index is 0.220. The molecule has 1 unspecified atom stereocenters. The number of morpholine rings is 1. The lowest BCUT2D eigenvalue weighted by Crippen LogP contribution is -2.43. The molecule has 2 amide bonds. The Morgan fingerprint density at radius 1 is 1.24 bits per heavy atom. The zero-order valence-electron chi connectivity index (χ0n) is 18.1. The summed E-state index contributed by atoms with van der Waals surface area (Å²) in [6, 6.07) is 5.30. The van der Waals surface area contributed by atoms with Crippen LogP contribution in [0.2, 0.25) is 0 Å². The van der Waals surface area contributed by atoms with Crippen molar-refractivity contribution in [2.75, 3.05) is 31.6 Å². The van der Waals surface area contributed by atoms with Crippen LogP contribution in [0, 0.1) is 6.92 Å². The first-order valence-electron chi connectivity index (χ1n) is 10.5. The molecule has 1 aromatic carbocycles. The van der Waals surface area contributed by atoms with Gasteiger partial charge in [0.05, 0.1) is 18.6 Å². The fourth-order valence-electron chi connectivity index (χ4n) is 3.96. The van der Waals surface area contributed by atoms with Gasteiger partial charge in [0, 0.05) is 19.1 Å². The number of hydrogen-bond donors (Lipinski definition) is 3. The Hall–Kier alpha value is -3.44. The predicted molar refractivity (Wildman–Crippen MR) is 124 cm³/mol. The minimum Gasteiger partial charge on any atom is -0.449 e. The molecule has 3 heterocycles. The van der Waals surface area contributed by atoms with Crippen molar-refractivity contribution in [2.24, 2.45) is 5.73 Å². The van der Waals surface area contributed by atoms with Crippen molar-refractivity contribution >= 4 is 39.6 Å². The van der Waals surface area contributed by atoms with Gasteiger partial charge >= 0.3 is 12.2 Å². The van der Waals surface area contributed by atoms with Crippen LogP contribution in [0.3, 0.4) is 0 Å². The number of amides is 2. The van der Waals surface area contributed by atoms with Crippen LogP contribution in [-0.4, -0.2) is 64.5 Å². The lowest BCUT2D eigenvalue weighted by atomic mass is 10.1. The molecule has 174 valence electrons. The van der Waals surface area contributed by atoms with Gasteiger partial charge in [-0.05, 0) is 54.0 Å². The molecule has 1 aliphatic carbocycles. The number of carbonyl (C=O) groups is 2. The number of nitrogens with one attached hydrogen (secondary N) is 1. The van der Waals surface area contributed by atoms with Crippen LogP contribution < -0.4 is 15.8 Å². The monoisotopic (exact) mass is 471 g/mol. The van der Waals surface area contributed by atoms with E-state index < -0.39 is 6.16 Å². The minimum atomic E-state index is -1.29. The van der Waals surface area contributed by atoms with Crippen molar-refractivity contribution in [1.29, 1.82) is 0 Å². The molecule has 5 rings (SSSR count). The predicted octanol–water partition coefficient (Wildman–Crippen LogP) is 3.03. The molecule has 0 spiro atoms. The van der Waals surface area contributed by atoms with Crippen LogP contribution in [0.15, 0.2) is 29.9 Å². The molecule has 2 aromatic heterocycles. The SMILES string of the molecule is Cc1csc2ncnc(NC3Cc4ccc(OC(=O)O)cc4C3)c12.NC(=O)N1CCOCC1. The van der Waals surface area contributed by atoms with Gasteiger partial charge in [0.2, 0.25) is 0 Å². The summed E-state index contributed by atoms with van der Waals surface area (Å²) in [6.07, 6.45) is 1.97. The highest BCUT2D eigenvalue weighted by Crippen LogP contribution is 2.32. The highest BCUT2D eigenvalue weighted by molar-refractivity contribution is 7.17. The third-order valence-corrected chi connectivity index (χ3v) is 6.54. The molecule has 11 heteroatoms. The highest BCUT2D eigenvalue weighted by atomic mass is 32.1. The van der Waals surface area contributed by atoms with E-state index in [1.807, 2.05) is 6.07 Å². The number of thiophene rings is 1. The number of fused-ring (bicyclic) bond motifs is 2. The van der Waals surface area contributed by atoms with Crippen molar-refractivity contribution in [1.82, 2.24) is 14.9 Å². The van der Waals surface area contributed by atoms with Crippen molar-refractivity contribution in [2.45, 2.75) is 25.8 Å². The van der Waals surface area contributed by atoms with Crippen molar-refractivity contribution in [3.05, 3.63) is 46.6 Å². The Kier molecular flexibility index (Phi) is 6.90. The number of urea groups is 1. The second-order valence-electron chi connectivity index (χ2n) is 7.81. The lowest BCUT2D eigenvalue weighted by Gasteiger charge is -2.24. The summed E-state index contributed by atoms with van der Waals surface area (Å²) in [5.41, 5.74) is 8.49. The standard InChI is InChI=1S/C17H15N3O3S.C5H10N2O2/c1-9-7-24-16-14(9)15(18-8-19-16)20-12-4-10-2-3-13(23-17(21)22)6-11(10)5-12;6-5(8)7-1-3-9-4-2-7/h2-3,6-8,12H,4-5H2,1H3,(H,21,22)(H,18,19,20);1-4H2,(H2,6,8). The van der Waals surface area contributed by atoms with Gasteiger partial charge in [0.15, 0.2) is 0 Å². The number of hydrogen-bond acceptors (Lipinski definition) is 8. The number of nitrogens with two attached hydrogens (primary N) is 1. The molecule has 0 bridgehead atoms. The number of benzene rings is 1. The molecule has 1 fully saturated rings. The molecule has 1 aliphatic heterocycles. The summed E-state index contributed by atoms with van der Waals surface area (Å²) >= 11 is 1.62. The van der Waals surface area contributed by atoms with E-state index in [1.54, 1.807) is 34.7 Å². The number of aryl methyl sites for hydroxylation is 1. The lowest BCUT2D eigenvalue weighted by molar-refractivity contribution is 0.0554. The first-order valence-corrected chi connectivity index (χ1v) is 11.4. The molecular formula is C22H25N5O5S. The molecule has 33 heavy (non-hydrogen) atoms. The molecule has 1 atom stereocenters. The third kappa shape index (κ3) is 5.49. The van der Waals surface area contributed by atoms with E-state index >= 15 is 0 Å². The van der Waals surface area contributed by atoms with Crippen molar-refractivity contribution < 1.29 is 24.2 Å². The van der Waals surface area contributed by atoms with Crippen LogP contribution in [0.1, 0.15) is 16.7 Å². The van der Waals surface area contributed by atoms with Gasteiger partial charge in [-0.2, -0.15) is 0 Å². The fraction of sp³-hybridized carbons (Fsp3) is 0.364. The molecule has 10 nitrogen and oxygen atoms in total. The van der Waals surface area contributed by atoms with Crippen LogP contribution >= 0.6 is 11.3 Å². The maximum absolute atomic E-state index is 10.7.